The van der Waals surface area contributed by atoms with Gasteiger partial charge in [0.15, 0.2) is 0 Å². The Hall–Kier alpha value is -0.460. The standard InChI is InChI=1S/C14H23BrN2O2S/c1-14(2,8-5-9-15)12-17-20(18,19)11-7-13-6-3-4-10-16-13/h3-4,6,10,17H,5,7-9,11-12H2,1-2H3. The predicted molar refractivity (Wildman–Crippen MR) is 86.5 cm³/mol. The van der Waals surface area contributed by atoms with E-state index in [0.29, 0.717) is 13.0 Å². The van der Waals surface area contributed by atoms with E-state index in [0.717, 1.165) is 23.9 Å². The first-order chi connectivity index (χ1) is 9.35. The van der Waals surface area contributed by atoms with Crippen molar-refractivity contribution in [3.8, 4) is 0 Å². The van der Waals surface area contributed by atoms with E-state index in [1.165, 1.54) is 0 Å². The third-order valence-electron chi connectivity index (χ3n) is 3.11. The number of nitrogens with zero attached hydrogens (tertiary/aromatic N) is 1. The number of hydrogen-bond acceptors (Lipinski definition) is 3. The first-order valence-corrected chi connectivity index (χ1v) is 9.55. The highest BCUT2D eigenvalue weighted by Gasteiger charge is 2.20. The molecule has 0 spiro atoms. The molecule has 0 bridgehead atoms. The van der Waals surface area contributed by atoms with Gasteiger partial charge in [-0.25, -0.2) is 13.1 Å². The van der Waals surface area contributed by atoms with Gasteiger partial charge in [-0.15, -0.1) is 0 Å². The van der Waals surface area contributed by atoms with Crippen LogP contribution in [0.5, 0.6) is 0 Å². The molecule has 0 unspecified atom stereocenters. The Bertz CT molecular complexity index is 489. The topological polar surface area (TPSA) is 59.1 Å². The van der Waals surface area contributed by atoms with Crippen LogP contribution in [0.25, 0.3) is 0 Å². The fraction of sp³-hybridized carbons (Fsp3) is 0.643. The number of aryl methyl sites for hydroxylation is 1. The molecule has 6 heteroatoms. The Kier molecular flexibility index (Phi) is 7.12. The fourth-order valence-corrected chi connectivity index (χ4v) is 3.31. The molecule has 0 fully saturated rings. The van der Waals surface area contributed by atoms with Crippen molar-refractivity contribution >= 4 is 26.0 Å². The molecule has 0 radical (unpaired) electrons. The number of nitrogens with one attached hydrogen (secondary N) is 1. The molecule has 0 aliphatic rings. The molecule has 0 aliphatic carbocycles. The van der Waals surface area contributed by atoms with Crippen LogP contribution in [0, 0.1) is 5.41 Å². The predicted octanol–water partition coefficient (Wildman–Crippen LogP) is 2.74. The van der Waals surface area contributed by atoms with Crippen molar-refractivity contribution in [1.29, 1.82) is 0 Å². The summed E-state index contributed by atoms with van der Waals surface area (Å²) >= 11 is 3.40. The van der Waals surface area contributed by atoms with Crippen molar-refractivity contribution in [2.45, 2.75) is 33.1 Å². The van der Waals surface area contributed by atoms with E-state index in [9.17, 15) is 8.42 Å². The van der Waals surface area contributed by atoms with E-state index in [1.807, 2.05) is 18.2 Å². The summed E-state index contributed by atoms with van der Waals surface area (Å²) in [4.78, 5) is 4.13. The van der Waals surface area contributed by atoms with Crippen LogP contribution >= 0.6 is 15.9 Å². The van der Waals surface area contributed by atoms with E-state index < -0.39 is 10.0 Å². The third kappa shape index (κ3) is 7.36. The fourth-order valence-electron chi connectivity index (χ4n) is 1.80. The summed E-state index contributed by atoms with van der Waals surface area (Å²) in [6.45, 7) is 4.64. The van der Waals surface area contributed by atoms with Crippen molar-refractivity contribution in [2.75, 3.05) is 17.6 Å². The Balaban J connectivity index is 2.42. The van der Waals surface area contributed by atoms with Crippen LogP contribution in [-0.2, 0) is 16.4 Å². The van der Waals surface area contributed by atoms with Crippen molar-refractivity contribution in [3.05, 3.63) is 30.1 Å². The van der Waals surface area contributed by atoms with Crippen LogP contribution in [-0.4, -0.2) is 31.0 Å². The van der Waals surface area contributed by atoms with E-state index in [-0.39, 0.29) is 11.2 Å². The van der Waals surface area contributed by atoms with E-state index in [4.69, 9.17) is 0 Å². The zero-order valence-electron chi connectivity index (χ0n) is 12.1. The first-order valence-electron chi connectivity index (χ1n) is 6.78. The van der Waals surface area contributed by atoms with Gasteiger partial charge in [0.2, 0.25) is 10.0 Å². The molecule has 4 nitrogen and oxygen atoms in total. The van der Waals surface area contributed by atoms with Gasteiger partial charge in [0.25, 0.3) is 0 Å². The Morgan fingerprint density at radius 3 is 2.70 bits per heavy atom. The lowest BCUT2D eigenvalue weighted by Crippen LogP contribution is -2.35. The average Bonchev–Trinajstić information content (AvgIpc) is 2.43. The summed E-state index contributed by atoms with van der Waals surface area (Å²) in [5.74, 6) is 0.0819. The Morgan fingerprint density at radius 1 is 1.35 bits per heavy atom. The van der Waals surface area contributed by atoms with Crippen LogP contribution in [0.1, 0.15) is 32.4 Å². The second kappa shape index (κ2) is 8.10. The summed E-state index contributed by atoms with van der Waals surface area (Å²) in [6, 6.07) is 5.53. The quantitative estimate of drug-likeness (QED) is 0.687. The van der Waals surface area contributed by atoms with Crippen molar-refractivity contribution in [1.82, 2.24) is 9.71 Å². The largest absolute Gasteiger partial charge is 0.261 e. The zero-order chi connectivity index (χ0) is 15.1. The highest BCUT2D eigenvalue weighted by molar-refractivity contribution is 9.09. The number of hydrogen-bond donors (Lipinski definition) is 1. The molecule has 1 aromatic heterocycles. The van der Waals surface area contributed by atoms with Crippen LogP contribution in [0.2, 0.25) is 0 Å². The highest BCUT2D eigenvalue weighted by Crippen LogP contribution is 2.21. The van der Waals surface area contributed by atoms with Crippen molar-refractivity contribution < 1.29 is 8.42 Å². The second-order valence-electron chi connectivity index (χ2n) is 5.67. The minimum absolute atomic E-state index is 0.0220. The molecule has 0 aliphatic heterocycles. The summed E-state index contributed by atoms with van der Waals surface area (Å²) in [5, 5.41) is 0.947. The molecule has 1 heterocycles. The normalized spacial score (nSPS) is 12.6. The Labute approximate surface area is 130 Å². The van der Waals surface area contributed by atoms with Gasteiger partial charge in [0, 0.05) is 30.2 Å². The molecule has 0 aromatic carbocycles. The van der Waals surface area contributed by atoms with Gasteiger partial charge in [-0.2, -0.15) is 0 Å². The maximum Gasteiger partial charge on any atom is 0.211 e. The molecule has 114 valence electrons. The summed E-state index contributed by atoms with van der Waals surface area (Å²) in [7, 11) is -3.24. The molecule has 20 heavy (non-hydrogen) atoms. The molecular formula is C14H23BrN2O2S. The van der Waals surface area contributed by atoms with Crippen LogP contribution in [0.15, 0.2) is 24.4 Å². The lowest BCUT2D eigenvalue weighted by Gasteiger charge is -2.24. The van der Waals surface area contributed by atoms with Crippen LogP contribution < -0.4 is 4.72 Å². The molecule has 1 rings (SSSR count). The van der Waals surface area contributed by atoms with Crippen LogP contribution in [0.3, 0.4) is 0 Å². The Morgan fingerprint density at radius 2 is 2.10 bits per heavy atom. The van der Waals surface area contributed by atoms with Crippen molar-refractivity contribution in [3.63, 3.8) is 0 Å². The number of halogens is 1. The minimum Gasteiger partial charge on any atom is -0.261 e. The molecule has 0 saturated carbocycles. The molecular weight excluding hydrogens is 340 g/mol. The SMILES string of the molecule is CC(C)(CCCBr)CNS(=O)(=O)CCc1ccccn1. The maximum absolute atomic E-state index is 12.0. The zero-order valence-corrected chi connectivity index (χ0v) is 14.5. The van der Waals surface area contributed by atoms with Gasteiger partial charge in [-0.1, -0.05) is 35.8 Å². The smallest absolute Gasteiger partial charge is 0.211 e. The van der Waals surface area contributed by atoms with Crippen molar-refractivity contribution in [2.24, 2.45) is 5.41 Å². The molecule has 1 N–H and O–H groups in total. The van der Waals surface area contributed by atoms with Gasteiger partial charge in [-0.3, -0.25) is 4.98 Å². The van der Waals surface area contributed by atoms with Gasteiger partial charge < -0.3 is 0 Å². The second-order valence-corrected chi connectivity index (χ2v) is 8.39. The van der Waals surface area contributed by atoms with Gasteiger partial charge in [0.05, 0.1) is 5.75 Å². The summed E-state index contributed by atoms with van der Waals surface area (Å²) < 4.78 is 26.7. The van der Waals surface area contributed by atoms with Gasteiger partial charge in [-0.05, 0) is 30.4 Å². The third-order valence-corrected chi connectivity index (χ3v) is 5.00. The minimum atomic E-state index is -3.24. The number of pyridine rings is 1. The monoisotopic (exact) mass is 362 g/mol. The summed E-state index contributed by atoms with van der Waals surface area (Å²) in [6.07, 6.45) is 4.15. The molecule has 0 saturated heterocycles. The van der Waals surface area contributed by atoms with E-state index in [1.54, 1.807) is 6.20 Å². The molecule has 0 atom stereocenters. The van der Waals surface area contributed by atoms with E-state index >= 15 is 0 Å². The first kappa shape index (κ1) is 17.6. The van der Waals surface area contributed by atoms with E-state index in [2.05, 4.69) is 39.5 Å². The molecule has 1 aromatic rings. The van der Waals surface area contributed by atoms with Crippen LogP contribution in [0.4, 0.5) is 0 Å². The summed E-state index contributed by atoms with van der Waals surface area (Å²) in [5.41, 5.74) is 0.780. The lowest BCUT2D eigenvalue weighted by molar-refractivity contribution is 0.332. The number of sulfonamides is 1. The highest BCUT2D eigenvalue weighted by atomic mass is 79.9. The van der Waals surface area contributed by atoms with Gasteiger partial charge in [0.1, 0.15) is 0 Å². The van der Waals surface area contributed by atoms with Gasteiger partial charge >= 0.3 is 0 Å². The molecule has 0 amide bonds. The average molecular weight is 363 g/mol. The lowest BCUT2D eigenvalue weighted by atomic mass is 9.88. The maximum atomic E-state index is 12.0. The number of aromatic nitrogens is 1. The number of rotatable bonds is 9. The number of alkyl halides is 1.